The minimum absolute atomic E-state index is 0.0126. The molecule has 0 saturated heterocycles. The van der Waals surface area contributed by atoms with Crippen LogP contribution in [-0.4, -0.2) is 24.7 Å². The van der Waals surface area contributed by atoms with Gasteiger partial charge in [0.2, 0.25) is 5.91 Å². The first-order valence-electron chi connectivity index (χ1n) is 9.67. The summed E-state index contributed by atoms with van der Waals surface area (Å²) in [7, 11) is 1.61. The number of carbonyl (C=O) groups excluding carboxylic acids is 1. The molecule has 1 saturated carbocycles. The molecule has 2 aromatic rings. The van der Waals surface area contributed by atoms with E-state index in [0.717, 1.165) is 36.1 Å². The Bertz CT molecular complexity index is 761. The number of benzene rings is 2. The lowest BCUT2D eigenvalue weighted by atomic mass is 9.63. The largest absolute Gasteiger partial charge is 0.497 e. The van der Waals surface area contributed by atoms with E-state index in [1.807, 2.05) is 24.3 Å². The fourth-order valence-electron chi connectivity index (χ4n) is 3.67. The van der Waals surface area contributed by atoms with Gasteiger partial charge in [0, 0.05) is 6.54 Å². The molecule has 0 spiro atoms. The lowest BCUT2D eigenvalue weighted by Gasteiger charge is -2.41. The second-order valence-corrected chi connectivity index (χ2v) is 7.71. The second-order valence-electron chi connectivity index (χ2n) is 7.71. The predicted molar refractivity (Wildman–Crippen MR) is 107 cm³/mol. The molecule has 0 heterocycles. The van der Waals surface area contributed by atoms with Crippen LogP contribution in [-0.2, 0) is 10.2 Å². The van der Waals surface area contributed by atoms with E-state index in [2.05, 4.69) is 43.4 Å². The van der Waals surface area contributed by atoms with Crippen molar-refractivity contribution >= 4 is 5.91 Å². The highest BCUT2D eigenvalue weighted by Gasteiger charge is 2.45. The average molecular weight is 367 g/mol. The number of aliphatic hydroxyl groups is 1. The third kappa shape index (κ3) is 4.01. The molecule has 1 atom stereocenters. The Morgan fingerprint density at radius 2 is 1.67 bits per heavy atom. The van der Waals surface area contributed by atoms with E-state index in [9.17, 15) is 9.90 Å². The normalized spacial score (nSPS) is 16.5. The highest BCUT2D eigenvalue weighted by molar-refractivity contribution is 5.89. The van der Waals surface area contributed by atoms with Crippen LogP contribution in [0.15, 0.2) is 48.5 Å². The van der Waals surface area contributed by atoms with Crippen molar-refractivity contribution in [3.63, 3.8) is 0 Å². The van der Waals surface area contributed by atoms with Gasteiger partial charge in [0.1, 0.15) is 5.75 Å². The summed E-state index contributed by atoms with van der Waals surface area (Å²) < 4.78 is 5.13. The topological polar surface area (TPSA) is 58.6 Å². The van der Waals surface area contributed by atoms with Crippen LogP contribution in [0.25, 0.3) is 0 Å². The minimum atomic E-state index is -0.736. The van der Waals surface area contributed by atoms with Gasteiger partial charge in [0.25, 0.3) is 0 Å². The predicted octanol–water partition coefficient (Wildman–Crippen LogP) is 4.09. The van der Waals surface area contributed by atoms with Crippen LogP contribution in [0.2, 0.25) is 0 Å². The van der Waals surface area contributed by atoms with Crippen LogP contribution < -0.4 is 10.1 Å². The number of rotatable bonds is 7. The van der Waals surface area contributed by atoms with Crippen LogP contribution >= 0.6 is 0 Å². The highest BCUT2D eigenvalue weighted by Crippen LogP contribution is 2.44. The van der Waals surface area contributed by atoms with Gasteiger partial charge in [-0.25, -0.2) is 0 Å². The zero-order valence-corrected chi connectivity index (χ0v) is 16.4. The van der Waals surface area contributed by atoms with Crippen LogP contribution in [0.5, 0.6) is 5.75 Å². The summed E-state index contributed by atoms with van der Waals surface area (Å²) in [6, 6.07) is 15.7. The van der Waals surface area contributed by atoms with E-state index < -0.39 is 11.5 Å². The molecular formula is C23H29NO3. The maximum atomic E-state index is 13.0. The molecule has 4 heteroatoms. The standard InChI is InChI=1S/C23H29NO3/c1-16(2)17-5-9-19(10-6-17)23(13-4-14-23)22(26)24-15-21(25)18-7-11-20(27-3)12-8-18/h5-12,16,21,25H,4,13-15H2,1-3H3,(H,24,26). The molecule has 1 aliphatic carbocycles. The third-order valence-electron chi connectivity index (χ3n) is 5.73. The molecule has 0 bridgehead atoms. The lowest BCUT2D eigenvalue weighted by molar-refractivity contribution is -0.130. The third-order valence-corrected chi connectivity index (χ3v) is 5.73. The van der Waals surface area contributed by atoms with E-state index in [1.165, 1.54) is 5.56 Å². The van der Waals surface area contributed by atoms with Crippen molar-refractivity contribution in [2.45, 2.75) is 50.5 Å². The molecule has 1 unspecified atom stereocenters. The molecule has 1 fully saturated rings. The number of carbonyl (C=O) groups is 1. The maximum Gasteiger partial charge on any atom is 0.230 e. The lowest BCUT2D eigenvalue weighted by Crippen LogP contribution is -2.50. The molecule has 3 rings (SSSR count). The number of hydrogen-bond donors (Lipinski definition) is 2. The summed E-state index contributed by atoms with van der Waals surface area (Å²) in [5.74, 6) is 1.23. The number of methoxy groups -OCH3 is 1. The average Bonchev–Trinajstić information content (AvgIpc) is 2.65. The zero-order valence-electron chi connectivity index (χ0n) is 16.4. The SMILES string of the molecule is COc1ccc(C(O)CNC(=O)C2(c3ccc(C(C)C)cc3)CCC2)cc1. The van der Waals surface area contributed by atoms with Gasteiger partial charge in [0.05, 0.1) is 18.6 Å². The zero-order chi connectivity index (χ0) is 19.4. The summed E-state index contributed by atoms with van der Waals surface area (Å²) in [4.78, 5) is 13.0. The highest BCUT2D eigenvalue weighted by atomic mass is 16.5. The van der Waals surface area contributed by atoms with E-state index in [0.29, 0.717) is 5.92 Å². The molecule has 2 N–H and O–H groups in total. The summed E-state index contributed by atoms with van der Waals surface area (Å²) in [6.45, 7) is 4.54. The molecule has 27 heavy (non-hydrogen) atoms. The van der Waals surface area contributed by atoms with E-state index >= 15 is 0 Å². The summed E-state index contributed by atoms with van der Waals surface area (Å²) in [5.41, 5.74) is 2.67. The van der Waals surface area contributed by atoms with Gasteiger partial charge in [0.15, 0.2) is 0 Å². The molecule has 1 amide bonds. The Morgan fingerprint density at radius 1 is 1.07 bits per heavy atom. The quantitative estimate of drug-likeness (QED) is 0.775. The molecule has 0 radical (unpaired) electrons. The van der Waals surface area contributed by atoms with Crippen LogP contribution in [0, 0.1) is 0 Å². The number of hydrogen-bond acceptors (Lipinski definition) is 3. The van der Waals surface area contributed by atoms with Crippen LogP contribution in [0.4, 0.5) is 0 Å². The molecule has 4 nitrogen and oxygen atoms in total. The van der Waals surface area contributed by atoms with Gasteiger partial charge in [-0.05, 0) is 47.6 Å². The van der Waals surface area contributed by atoms with Crippen molar-refractivity contribution in [2.75, 3.05) is 13.7 Å². The Hall–Kier alpha value is -2.33. The first-order valence-corrected chi connectivity index (χ1v) is 9.67. The first-order chi connectivity index (χ1) is 13.0. The van der Waals surface area contributed by atoms with Crippen molar-refractivity contribution < 1.29 is 14.6 Å². The van der Waals surface area contributed by atoms with E-state index in [4.69, 9.17) is 4.74 Å². The molecule has 144 valence electrons. The monoisotopic (exact) mass is 367 g/mol. The second kappa shape index (κ2) is 8.13. The Balaban J connectivity index is 1.66. The number of amides is 1. The Labute approximate surface area is 161 Å². The number of nitrogens with one attached hydrogen (secondary N) is 1. The minimum Gasteiger partial charge on any atom is -0.497 e. The van der Waals surface area contributed by atoms with Gasteiger partial charge in [-0.1, -0.05) is 56.7 Å². The van der Waals surface area contributed by atoms with Crippen LogP contribution in [0.1, 0.15) is 61.8 Å². The molecule has 2 aromatic carbocycles. The molecular weight excluding hydrogens is 338 g/mol. The van der Waals surface area contributed by atoms with Gasteiger partial charge in [-0.15, -0.1) is 0 Å². The Morgan fingerprint density at radius 3 is 2.15 bits per heavy atom. The summed E-state index contributed by atoms with van der Waals surface area (Å²) in [6.07, 6.45) is 2.04. The summed E-state index contributed by atoms with van der Waals surface area (Å²) in [5, 5.41) is 13.4. The van der Waals surface area contributed by atoms with Gasteiger partial charge in [-0.3, -0.25) is 4.79 Å². The summed E-state index contributed by atoms with van der Waals surface area (Å²) >= 11 is 0. The van der Waals surface area contributed by atoms with Crippen molar-refractivity contribution in [1.29, 1.82) is 0 Å². The number of ether oxygens (including phenoxy) is 1. The van der Waals surface area contributed by atoms with Gasteiger partial charge in [-0.2, -0.15) is 0 Å². The van der Waals surface area contributed by atoms with Crippen molar-refractivity contribution in [1.82, 2.24) is 5.32 Å². The first kappa shape index (κ1) is 19.4. The van der Waals surface area contributed by atoms with Crippen molar-refractivity contribution in [2.24, 2.45) is 0 Å². The van der Waals surface area contributed by atoms with Crippen LogP contribution in [0.3, 0.4) is 0 Å². The Kier molecular flexibility index (Phi) is 5.85. The maximum absolute atomic E-state index is 13.0. The van der Waals surface area contributed by atoms with E-state index in [1.54, 1.807) is 7.11 Å². The van der Waals surface area contributed by atoms with E-state index in [-0.39, 0.29) is 12.5 Å². The number of aliphatic hydroxyl groups excluding tert-OH is 1. The van der Waals surface area contributed by atoms with Gasteiger partial charge < -0.3 is 15.2 Å². The molecule has 0 aliphatic heterocycles. The fraction of sp³-hybridized carbons (Fsp3) is 0.435. The molecule has 0 aromatic heterocycles. The molecule has 1 aliphatic rings. The van der Waals surface area contributed by atoms with Crippen molar-refractivity contribution in [3.05, 3.63) is 65.2 Å². The smallest absolute Gasteiger partial charge is 0.230 e. The van der Waals surface area contributed by atoms with Crippen molar-refractivity contribution in [3.8, 4) is 5.75 Å². The van der Waals surface area contributed by atoms with Gasteiger partial charge >= 0.3 is 0 Å². The fourth-order valence-corrected chi connectivity index (χ4v) is 3.67.